The van der Waals surface area contributed by atoms with Gasteiger partial charge in [-0.1, -0.05) is 35.3 Å². The van der Waals surface area contributed by atoms with Crippen molar-refractivity contribution < 1.29 is 0 Å². The maximum atomic E-state index is 6.26. The first-order chi connectivity index (χ1) is 10.1. The molecule has 5 nitrogen and oxygen atoms in total. The summed E-state index contributed by atoms with van der Waals surface area (Å²) in [5, 5.41) is 12.9. The third-order valence-electron chi connectivity index (χ3n) is 3.21. The second-order valence-corrected chi connectivity index (χ2v) is 5.29. The van der Waals surface area contributed by atoms with Crippen LogP contribution in [0.4, 0.5) is 5.69 Å². The molecule has 3 rings (SSSR count). The standard InChI is InChI=1S/C14H11Cl2N5/c1-8-10(15)5-3-7-12(8)21-14(18-19-20-21)9-4-2-6-11(17)13(9)16/h2-7H,17H2,1H3. The molecule has 2 aromatic carbocycles. The van der Waals surface area contributed by atoms with Crippen LogP contribution in [0.15, 0.2) is 36.4 Å². The third kappa shape index (κ3) is 2.34. The number of hydrogen-bond acceptors (Lipinski definition) is 4. The van der Waals surface area contributed by atoms with E-state index in [4.69, 9.17) is 28.9 Å². The molecule has 0 aliphatic carbocycles. The van der Waals surface area contributed by atoms with Crippen LogP contribution in [-0.2, 0) is 0 Å². The molecule has 0 saturated carbocycles. The summed E-state index contributed by atoms with van der Waals surface area (Å²) in [6.07, 6.45) is 0. The highest BCUT2D eigenvalue weighted by Gasteiger charge is 2.16. The summed E-state index contributed by atoms with van der Waals surface area (Å²) < 4.78 is 1.60. The number of aromatic nitrogens is 4. The van der Waals surface area contributed by atoms with Crippen molar-refractivity contribution in [1.29, 1.82) is 0 Å². The summed E-state index contributed by atoms with van der Waals surface area (Å²) in [6.45, 7) is 1.91. The van der Waals surface area contributed by atoms with Crippen molar-refractivity contribution in [3.63, 3.8) is 0 Å². The van der Waals surface area contributed by atoms with Crippen molar-refractivity contribution in [2.45, 2.75) is 6.92 Å². The summed E-state index contributed by atoms with van der Waals surface area (Å²) in [7, 11) is 0. The van der Waals surface area contributed by atoms with Crippen LogP contribution in [0.2, 0.25) is 10.0 Å². The Labute approximate surface area is 131 Å². The first-order valence-corrected chi connectivity index (χ1v) is 6.93. The molecule has 1 heterocycles. The summed E-state index contributed by atoms with van der Waals surface area (Å²) in [4.78, 5) is 0. The fourth-order valence-electron chi connectivity index (χ4n) is 2.07. The third-order valence-corrected chi connectivity index (χ3v) is 4.04. The molecule has 0 amide bonds. The summed E-state index contributed by atoms with van der Waals surface area (Å²) in [5.74, 6) is 0.512. The van der Waals surface area contributed by atoms with Crippen LogP contribution in [0.1, 0.15) is 5.56 Å². The number of hydrogen-bond donors (Lipinski definition) is 1. The molecule has 0 aliphatic heterocycles. The monoisotopic (exact) mass is 319 g/mol. The van der Waals surface area contributed by atoms with Crippen LogP contribution < -0.4 is 5.73 Å². The maximum absolute atomic E-state index is 6.26. The number of nitrogens with two attached hydrogens (primary N) is 1. The van der Waals surface area contributed by atoms with Gasteiger partial charge in [-0.25, -0.2) is 0 Å². The minimum Gasteiger partial charge on any atom is -0.398 e. The van der Waals surface area contributed by atoms with Crippen LogP contribution in [0, 0.1) is 6.92 Å². The highest BCUT2D eigenvalue weighted by atomic mass is 35.5. The van der Waals surface area contributed by atoms with Crippen molar-refractivity contribution in [3.8, 4) is 17.1 Å². The van der Waals surface area contributed by atoms with Gasteiger partial charge in [-0.05, 0) is 47.2 Å². The molecule has 0 saturated heterocycles. The zero-order valence-electron chi connectivity index (χ0n) is 11.1. The SMILES string of the molecule is Cc1c(Cl)cccc1-n1nnnc1-c1cccc(N)c1Cl. The molecular weight excluding hydrogens is 309 g/mol. The molecule has 21 heavy (non-hydrogen) atoms. The Morgan fingerprint density at radius 2 is 1.86 bits per heavy atom. The lowest BCUT2D eigenvalue weighted by atomic mass is 10.1. The number of nitrogens with zero attached hydrogens (tertiary/aromatic N) is 4. The number of benzene rings is 2. The molecule has 2 N–H and O–H groups in total. The molecule has 0 radical (unpaired) electrons. The van der Waals surface area contributed by atoms with Crippen LogP contribution in [0.25, 0.3) is 17.1 Å². The van der Waals surface area contributed by atoms with Gasteiger partial charge in [-0.15, -0.1) is 5.10 Å². The zero-order valence-corrected chi connectivity index (χ0v) is 12.6. The van der Waals surface area contributed by atoms with E-state index in [1.54, 1.807) is 16.8 Å². The smallest absolute Gasteiger partial charge is 0.188 e. The van der Waals surface area contributed by atoms with E-state index >= 15 is 0 Å². The first kappa shape index (κ1) is 13.9. The number of anilines is 1. The van der Waals surface area contributed by atoms with E-state index in [1.807, 2.05) is 31.2 Å². The topological polar surface area (TPSA) is 69.6 Å². The Bertz CT molecular complexity index is 747. The predicted octanol–water partition coefficient (Wildman–Crippen LogP) is 3.53. The lowest BCUT2D eigenvalue weighted by Gasteiger charge is -2.10. The Hall–Kier alpha value is -2.11. The number of halogens is 2. The van der Waals surface area contributed by atoms with E-state index in [1.165, 1.54) is 0 Å². The van der Waals surface area contributed by atoms with E-state index in [9.17, 15) is 0 Å². The minimum atomic E-state index is 0.424. The van der Waals surface area contributed by atoms with Gasteiger partial charge < -0.3 is 5.73 Å². The Balaban J connectivity index is 2.22. The van der Waals surface area contributed by atoms with Crippen LogP contribution in [0.5, 0.6) is 0 Å². The second-order valence-electron chi connectivity index (χ2n) is 4.51. The van der Waals surface area contributed by atoms with Gasteiger partial charge in [-0.2, -0.15) is 4.68 Å². The van der Waals surface area contributed by atoms with Crippen molar-refractivity contribution in [2.24, 2.45) is 0 Å². The molecule has 0 bridgehead atoms. The molecule has 0 spiro atoms. The first-order valence-electron chi connectivity index (χ1n) is 6.18. The van der Waals surface area contributed by atoms with Gasteiger partial charge in [0, 0.05) is 10.6 Å². The Morgan fingerprint density at radius 3 is 2.67 bits per heavy atom. The van der Waals surface area contributed by atoms with Crippen molar-refractivity contribution in [1.82, 2.24) is 20.2 Å². The van der Waals surface area contributed by atoms with Crippen LogP contribution in [0.3, 0.4) is 0 Å². The molecule has 3 aromatic rings. The van der Waals surface area contributed by atoms with Gasteiger partial charge >= 0.3 is 0 Å². The normalized spacial score (nSPS) is 10.8. The average Bonchev–Trinajstić information content (AvgIpc) is 2.94. The molecule has 1 aromatic heterocycles. The van der Waals surface area contributed by atoms with Crippen LogP contribution in [-0.4, -0.2) is 20.2 Å². The summed E-state index contributed by atoms with van der Waals surface area (Å²) >= 11 is 12.4. The fourth-order valence-corrected chi connectivity index (χ4v) is 2.45. The number of tetrazole rings is 1. The molecule has 7 heteroatoms. The second kappa shape index (κ2) is 5.35. The predicted molar refractivity (Wildman–Crippen MR) is 83.8 cm³/mol. The summed E-state index contributed by atoms with van der Waals surface area (Å²) in [5.41, 5.74) is 8.66. The van der Waals surface area contributed by atoms with E-state index < -0.39 is 0 Å². The summed E-state index contributed by atoms with van der Waals surface area (Å²) in [6, 6.07) is 10.9. The lowest BCUT2D eigenvalue weighted by molar-refractivity contribution is 0.787. The van der Waals surface area contributed by atoms with Gasteiger partial charge in [0.2, 0.25) is 0 Å². The molecule has 106 valence electrons. The number of nitrogen functional groups attached to an aromatic ring is 1. The quantitative estimate of drug-likeness (QED) is 0.733. The largest absolute Gasteiger partial charge is 0.398 e. The van der Waals surface area contributed by atoms with Crippen LogP contribution >= 0.6 is 23.2 Å². The minimum absolute atomic E-state index is 0.424. The molecular formula is C14H11Cl2N5. The Morgan fingerprint density at radius 1 is 1.10 bits per heavy atom. The van der Waals surface area contributed by atoms with Crippen molar-refractivity contribution in [2.75, 3.05) is 5.73 Å². The van der Waals surface area contributed by atoms with Gasteiger partial charge in [0.1, 0.15) is 0 Å². The fraction of sp³-hybridized carbons (Fsp3) is 0.0714. The van der Waals surface area contributed by atoms with E-state index in [2.05, 4.69) is 15.5 Å². The van der Waals surface area contributed by atoms with E-state index in [0.717, 1.165) is 11.3 Å². The zero-order chi connectivity index (χ0) is 15.0. The maximum Gasteiger partial charge on any atom is 0.188 e. The van der Waals surface area contributed by atoms with Crippen molar-refractivity contribution in [3.05, 3.63) is 52.0 Å². The highest BCUT2D eigenvalue weighted by molar-refractivity contribution is 6.35. The highest BCUT2D eigenvalue weighted by Crippen LogP contribution is 2.32. The van der Waals surface area contributed by atoms with Gasteiger partial charge in [0.15, 0.2) is 5.82 Å². The Kier molecular flexibility index (Phi) is 3.53. The van der Waals surface area contributed by atoms with Gasteiger partial charge in [-0.3, -0.25) is 0 Å². The van der Waals surface area contributed by atoms with Crippen molar-refractivity contribution >= 4 is 28.9 Å². The molecule has 0 atom stereocenters. The lowest BCUT2D eigenvalue weighted by Crippen LogP contribution is -2.03. The number of rotatable bonds is 2. The molecule has 0 aliphatic rings. The van der Waals surface area contributed by atoms with Gasteiger partial charge in [0.25, 0.3) is 0 Å². The molecule has 0 fully saturated rings. The van der Waals surface area contributed by atoms with Gasteiger partial charge in [0.05, 0.1) is 16.4 Å². The van der Waals surface area contributed by atoms with E-state index in [0.29, 0.717) is 27.1 Å². The average molecular weight is 320 g/mol. The van der Waals surface area contributed by atoms with E-state index in [-0.39, 0.29) is 0 Å². The molecule has 0 unspecified atom stereocenters.